The Morgan fingerprint density at radius 3 is 2.92 bits per heavy atom. The number of phenolic OH excluding ortho intramolecular Hbond substituents is 1. The molecule has 0 aromatic heterocycles. The van der Waals surface area contributed by atoms with Gasteiger partial charge in [-0.25, -0.2) is 4.79 Å². The predicted octanol–water partition coefficient (Wildman–Crippen LogP) is 3.34. The summed E-state index contributed by atoms with van der Waals surface area (Å²) >= 11 is 5.53. The molecule has 0 unspecified atom stereocenters. The summed E-state index contributed by atoms with van der Waals surface area (Å²) in [6.07, 6.45) is 6.87. The van der Waals surface area contributed by atoms with E-state index in [4.69, 9.17) is 16.7 Å². The monoisotopic (exact) mass is 360 g/mol. The van der Waals surface area contributed by atoms with E-state index < -0.39 is 11.6 Å². The fourth-order valence-corrected chi connectivity index (χ4v) is 4.80. The van der Waals surface area contributed by atoms with Crippen LogP contribution in [0.5, 0.6) is 5.75 Å². The van der Waals surface area contributed by atoms with Crippen molar-refractivity contribution in [3.8, 4) is 17.0 Å². The van der Waals surface area contributed by atoms with Crippen LogP contribution < -0.4 is 0 Å². The highest BCUT2D eigenvalue weighted by atomic mass is 35.5. The van der Waals surface area contributed by atoms with E-state index in [1.165, 1.54) is 6.08 Å². The molecule has 1 fully saturated rings. The molecule has 1 aromatic carbocycles. The first-order valence-corrected chi connectivity index (χ1v) is 8.83. The van der Waals surface area contributed by atoms with Gasteiger partial charge in [0.15, 0.2) is 0 Å². The number of carboxylic acids is 1. The van der Waals surface area contributed by atoms with Crippen molar-refractivity contribution < 1.29 is 20.1 Å². The maximum absolute atomic E-state index is 10.9. The SMILES string of the molecule is O=C(O)/C=C/C[C@]12CC[C@@](O)(C#CCl)C[C@@H]1CCc1cc(O)ccc12. The number of aliphatic hydroxyl groups is 1. The third-order valence-corrected chi connectivity index (χ3v) is 5.85. The Hall–Kier alpha value is -1.96. The number of aryl methyl sites for hydroxylation is 1. The largest absolute Gasteiger partial charge is 0.508 e. The Morgan fingerprint density at radius 1 is 1.40 bits per heavy atom. The van der Waals surface area contributed by atoms with Gasteiger partial charge in [0.25, 0.3) is 0 Å². The van der Waals surface area contributed by atoms with E-state index in [0.29, 0.717) is 25.7 Å². The topological polar surface area (TPSA) is 77.8 Å². The second kappa shape index (κ2) is 6.74. The molecule has 0 aliphatic heterocycles. The molecule has 0 saturated heterocycles. The van der Waals surface area contributed by atoms with Crippen LogP contribution in [0.25, 0.3) is 0 Å². The van der Waals surface area contributed by atoms with Crippen LogP contribution in [0.2, 0.25) is 0 Å². The van der Waals surface area contributed by atoms with E-state index in [1.807, 2.05) is 6.07 Å². The number of carboxylic acid groups (broad SMARTS) is 1. The molecule has 25 heavy (non-hydrogen) atoms. The molecule has 5 heteroatoms. The quantitative estimate of drug-likeness (QED) is 0.570. The van der Waals surface area contributed by atoms with Crippen LogP contribution in [0.1, 0.15) is 43.2 Å². The van der Waals surface area contributed by atoms with Crippen LogP contribution in [0, 0.1) is 17.2 Å². The third kappa shape index (κ3) is 3.40. The number of phenols is 1. The van der Waals surface area contributed by atoms with Gasteiger partial charge in [-0.2, -0.15) is 0 Å². The maximum Gasteiger partial charge on any atom is 0.327 e. The van der Waals surface area contributed by atoms with Crippen molar-refractivity contribution in [1.29, 1.82) is 0 Å². The van der Waals surface area contributed by atoms with Crippen LogP contribution in [0.15, 0.2) is 30.4 Å². The summed E-state index contributed by atoms with van der Waals surface area (Å²) in [5, 5.41) is 31.8. The zero-order valence-electron chi connectivity index (χ0n) is 13.8. The molecule has 4 nitrogen and oxygen atoms in total. The van der Waals surface area contributed by atoms with E-state index in [1.54, 1.807) is 18.2 Å². The number of hydrogen-bond acceptors (Lipinski definition) is 3. The normalized spacial score (nSPS) is 30.9. The van der Waals surface area contributed by atoms with E-state index in [0.717, 1.165) is 24.0 Å². The van der Waals surface area contributed by atoms with Crippen LogP contribution in [-0.2, 0) is 16.6 Å². The molecule has 1 saturated carbocycles. The lowest BCUT2D eigenvalue weighted by Gasteiger charge is -2.52. The van der Waals surface area contributed by atoms with Crippen molar-refractivity contribution in [2.24, 2.45) is 5.92 Å². The number of fused-ring (bicyclic) bond motifs is 3. The molecule has 3 atom stereocenters. The van der Waals surface area contributed by atoms with Crippen LogP contribution >= 0.6 is 11.6 Å². The number of aliphatic carboxylic acids is 1. The van der Waals surface area contributed by atoms with Gasteiger partial charge in [-0.1, -0.05) is 18.1 Å². The third-order valence-electron chi connectivity index (χ3n) is 5.76. The van der Waals surface area contributed by atoms with E-state index in [2.05, 4.69) is 11.3 Å². The van der Waals surface area contributed by atoms with Gasteiger partial charge in [0.05, 0.1) is 0 Å². The van der Waals surface area contributed by atoms with E-state index in [-0.39, 0.29) is 17.1 Å². The smallest absolute Gasteiger partial charge is 0.327 e. The zero-order chi connectivity index (χ0) is 18.1. The molecule has 3 rings (SSSR count). The van der Waals surface area contributed by atoms with Gasteiger partial charge in [0.2, 0.25) is 0 Å². The number of hydrogen-bond donors (Lipinski definition) is 3. The molecule has 0 bridgehead atoms. The summed E-state index contributed by atoms with van der Waals surface area (Å²) in [5.41, 5.74) is 0.931. The molecule has 0 heterocycles. The molecular weight excluding hydrogens is 340 g/mol. The van der Waals surface area contributed by atoms with Crippen molar-refractivity contribution in [3.05, 3.63) is 41.5 Å². The molecule has 3 N–H and O–H groups in total. The summed E-state index contributed by atoms with van der Waals surface area (Å²) in [6.45, 7) is 0. The van der Waals surface area contributed by atoms with Gasteiger partial charge >= 0.3 is 5.97 Å². The van der Waals surface area contributed by atoms with Crippen LogP contribution in [0.4, 0.5) is 0 Å². The lowest BCUT2D eigenvalue weighted by Crippen LogP contribution is -2.49. The first-order chi connectivity index (χ1) is 11.9. The summed E-state index contributed by atoms with van der Waals surface area (Å²) in [5.74, 6) is 2.20. The lowest BCUT2D eigenvalue weighted by atomic mass is 9.53. The van der Waals surface area contributed by atoms with Crippen LogP contribution in [-0.4, -0.2) is 26.9 Å². The molecule has 2 aliphatic carbocycles. The lowest BCUT2D eigenvalue weighted by molar-refractivity contribution is -0.131. The van der Waals surface area contributed by atoms with E-state index >= 15 is 0 Å². The summed E-state index contributed by atoms with van der Waals surface area (Å²) in [4.78, 5) is 10.9. The fourth-order valence-electron chi connectivity index (χ4n) is 4.62. The van der Waals surface area contributed by atoms with Gasteiger partial charge < -0.3 is 15.3 Å². The first-order valence-electron chi connectivity index (χ1n) is 8.46. The van der Waals surface area contributed by atoms with Crippen LogP contribution in [0.3, 0.4) is 0 Å². The van der Waals surface area contributed by atoms with Gasteiger partial charge in [-0.15, -0.1) is 0 Å². The minimum Gasteiger partial charge on any atom is -0.508 e. The maximum atomic E-state index is 10.9. The zero-order valence-corrected chi connectivity index (χ0v) is 14.6. The summed E-state index contributed by atoms with van der Waals surface area (Å²) < 4.78 is 0. The number of halogens is 1. The number of rotatable bonds is 3. The summed E-state index contributed by atoms with van der Waals surface area (Å²) in [6, 6.07) is 5.43. The molecule has 0 amide bonds. The molecule has 2 aliphatic rings. The predicted molar refractivity (Wildman–Crippen MR) is 95.4 cm³/mol. The van der Waals surface area contributed by atoms with Crippen molar-refractivity contribution in [2.75, 3.05) is 0 Å². The second-order valence-electron chi connectivity index (χ2n) is 7.13. The minimum atomic E-state index is -1.08. The number of aromatic hydroxyl groups is 1. The summed E-state index contributed by atoms with van der Waals surface area (Å²) in [7, 11) is 0. The molecule has 132 valence electrons. The standard InChI is InChI=1S/C20H21ClO4/c21-11-10-19(25)8-9-20(7-1-2-18(23)24)15(13-19)4-3-14-12-16(22)5-6-17(14)20/h1-2,5-6,12,15,22,25H,3-4,7-9,13H2,(H,23,24)/b2-1+/t15-,19+,20-/m0/s1. The Balaban J connectivity index is 2.02. The second-order valence-corrected chi connectivity index (χ2v) is 7.32. The van der Waals surface area contributed by atoms with Gasteiger partial charge in [-0.05, 0) is 79.3 Å². The first kappa shape index (κ1) is 17.8. The van der Waals surface area contributed by atoms with Crippen molar-refractivity contribution in [2.45, 2.75) is 49.5 Å². The highest BCUT2D eigenvalue weighted by molar-refractivity contribution is 6.30. The molecule has 0 spiro atoms. The average Bonchev–Trinajstić information content (AvgIpc) is 2.55. The number of carbonyl (C=O) groups is 1. The molecular formula is C20H21ClO4. The van der Waals surface area contributed by atoms with E-state index in [9.17, 15) is 15.0 Å². The highest BCUT2D eigenvalue weighted by Crippen LogP contribution is 2.54. The molecule has 1 aromatic rings. The van der Waals surface area contributed by atoms with Gasteiger partial charge in [0, 0.05) is 16.9 Å². The Kier molecular flexibility index (Phi) is 4.81. The van der Waals surface area contributed by atoms with Gasteiger partial charge in [-0.3, -0.25) is 0 Å². The minimum absolute atomic E-state index is 0.180. The van der Waals surface area contributed by atoms with Crippen molar-refractivity contribution >= 4 is 17.6 Å². The Labute approximate surface area is 152 Å². The fraction of sp³-hybridized carbons (Fsp3) is 0.450. The Morgan fingerprint density at radius 2 is 2.20 bits per heavy atom. The molecule has 0 radical (unpaired) electrons. The average molecular weight is 361 g/mol. The Bertz CT molecular complexity index is 776. The van der Waals surface area contributed by atoms with Gasteiger partial charge in [0.1, 0.15) is 11.4 Å². The number of allylic oxidation sites excluding steroid dienone is 1. The van der Waals surface area contributed by atoms with Crippen molar-refractivity contribution in [3.63, 3.8) is 0 Å². The highest BCUT2D eigenvalue weighted by Gasteiger charge is 2.50. The number of benzene rings is 1. The van der Waals surface area contributed by atoms with Crippen molar-refractivity contribution in [1.82, 2.24) is 0 Å².